The lowest BCUT2D eigenvalue weighted by Gasteiger charge is -2.03. The third kappa shape index (κ3) is 14.4. The van der Waals surface area contributed by atoms with Crippen molar-refractivity contribution in [2.75, 3.05) is 0 Å². The summed E-state index contributed by atoms with van der Waals surface area (Å²) in [4.78, 5) is 0. The largest absolute Gasteiger partial charge is 0.367 e. The first-order chi connectivity index (χ1) is 14.6. The molecule has 0 saturated carbocycles. The van der Waals surface area contributed by atoms with Gasteiger partial charge in [-0.2, -0.15) is 0 Å². The summed E-state index contributed by atoms with van der Waals surface area (Å²) in [6.45, 7) is 17.8. The van der Waals surface area contributed by atoms with Crippen LogP contribution in [0.2, 0.25) is 0 Å². The third-order valence-corrected chi connectivity index (χ3v) is 6.27. The predicted octanol–water partition coefficient (Wildman–Crippen LogP) is 9.82. The molecule has 0 amide bonds. The summed E-state index contributed by atoms with van der Waals surface area (Å²) >= 11 is 0. The molecule has 0 radical (unpaired) electrons. The van der Waals surface area contributed by atoms with Gasteiger partial charge in [-0.25, -0.2) is 0 Å². The summed E-state index contributed by atoms with van der Waals surface area (Å²) in [5.41, 5.74) is 7.65. The van der Waals surface area contributed by atoms with Crippen LogP contribution in [-0.2, 0) is 4.74 Å². The second-order valence-corrected chi connectivity index (χ2v) is 10.4. The predicted molar refractivity (Wildman–Crippen MR) is 140 cm³/mol. The van der Waals surface area contributed by atoms with Crippen molar-refractivity contribution < 1.29 is 4.74 Å². The van der Waals surface area contributed by atoms with Gasteiger partial charge in [-0.15, -0.1) is 0 Å². The van der Waals surface area contributed by atoms with E-state index in [2.05, 4.69) is 85.8 Å². The van der Waals surface area contributed by atoms with E-state index in [1.54, 1.807) is 0 Å². The van der Waals surface area contributed by atoms with Crippen molar-refractivity contribution in [3.05, 3.63) is 58.2 Å². The van der Waals surface area contributed by atoms with Crippen molar-refractivity contribution >= 4 is 0 Å². The molecule has 0 aromatic carbocycles. The minimum atomic E-state index is 0.132. The van der Waals surface area contributed by atoms with E-state index >= 15 is 0 Å². The van der Waals surface area contributed by atoms with Crippen molar-refractivity contribution in [1.29, 1.82) is 0 Å². The summed E-state index contributed by atoms with van der Waals surface area (Å²) in [5.74, 6) is 0. The van der Waals surface area contributed by atoms with Crippen LogP contribution in [0.1, 0.15) is 120 Å². The molecule has 0 N–H and O–H groups in total. The van der Waals surface area contributed by atoms with Crippen LogP contribution in [0.15, 0.2) is 58.2 Å². The van der Waals surface area contributed by atoms with Gasteiger partial charge in [0.2, 0.25) is 0 Å². The zero-order valence-electron chi connectivity index (χ0n) is 21.9. The molecule has 31 heavy (non-hydrogen) atoms. The highest BCUT2D eigenvalue weighted by Gasteiger charge is 2.46. The summed E-state index contributed by atoms with van der Waals surface area (Å²) in [5, 5.41) is 0. The quantitative estimate of drug-likeness (QED) is 0.144. The third-order valence-electron chi connectivity index (χ3n) is 6.27. The Balaban J connectivity index is 2.15. The van der Waals surface area contributed by atoms with E-state index in [0.717, 1.165) is 12.8 Å². The van der Waals surface area contributed by atoms with Gasteiger partial charge >= 0.3 is 0 Å². The van der Waals surface area contributed by atoms with Crippen molar-refractivity contribution in [3.8, 4) is 0 Å². The maximum absolute atomic E-state index is 5.68. The average molecular weight is 427 g/mol. The molecule has 0 spiro atoms. The van der Waals surface area contributed by atoms with Crippen LogP contribution in [0.3, 0.4) is 0 Å². The Bertz CT molecular complexity index is 677. The number of epoxide rings is 1. The van der Waals surface area contributed by atoms with Crippen molar-refractivity contribution in [3.63, 3.8) is 0 Å². The van der Waals surface area contributed by atoms with Crippen molar-refractivity contribution in [2.24, 2.45) is 0 Å². The average Bonchev–Trinajstić information content (AvgIpc) is 3.30. The van der Waals surface area contributed by atoms with Gasteiger partial charge in [0, 0.05) is 0 Å². The molecule has 1 heteroatoms. The fourth-order valence-electron chi connectivity index (χ4n) is 3.85. The number of hydrogen-bond acceptors (Lipinski definition) is 1. The second kappa shape index (κ2) is 14.7. The van der Waals surface area contributed by atoms with Crippen LogP contribution >= 0.6 is 0 Å². The van der Waals surface area contributed by atoms with Gasteiger partial charge in [0.15, 0.2) is 0 Å². The van der Waals surface area contributed by atoms with Crippen LogP contribution in [0.4, 0.5) is 0 Å². The van der Waals surface area contributed by atoms with Crippen LogP contribution in [0, 0.1) is 0 Å². The lowest BCUT2D eigenvalue weighted by molar-refractivity contribution is 0.320. The molecule has 1 nitrogen and oxygen atoms in total. The maximum atomic E-state index is 5.68. The minimum Gasteiger partial charge on any atom is -0.367 e. The summed E-state index contributed by atoms with van der Waals surface area (Å²) in [7, 11) is 0. The number of rotatable bonds is 15. The van der Waals surface area contributed by atoms with E-state index in [4.69, 9.17) is 4.74 Å². The first kappa shape index (κ1) is 27.7. The highest BCUT2D eigenvalue weighted by molar-refractivity contribution is 5.08. The molecular weight excluding hydrogens is 376 g/mol. The zero-order chi connectivity index (χ0) is 23.3. The van der Waals surface area contributed by atoms with Gasteiger partial charge in [-0.3, -0.25) is 0 Å². The Morgan fingerprint density at radius 3 is 1.32 bits per heavy atom. The Labute approximate surface area is 194 Å². The van der Waals surface area contributed by atoms with Crippen LogP contribution < -0.4 is 0 Å². The smallest absolute Gasteiger partial charge is 0.0892 e. The van der Waals surface area contributed by atoms with E-state index in [9.17, 15) is 0 Å². The van der Waals surface area contributed by atoms with E-state index in [1.165, 1.54) is 79.2 Å². The second-order valence-electron chi connectivity index (χ2n) is 10.4. The van der Waals surface area contributed by atoms with Gasteiger partial charge in [-0.1, -0.05) is 58.2 Å². The van der Waals surface area contributed by atoms with E-state index in [1.807, 2.05) is 0 Å². The van der Waals surface area contributed by atoms with Crippen LogP contribution in [0.5, 0.6) is 0 Å². The van der Waals surface area contributed by atoms with Crippen LogP contribution in [-0.4, -0.2) is 11.7 Å². The Morgan fingerprint density at radius 2 is 0.935 bits per heavy atom. The highest BCUT2D eigenvalue weighted by Crippen LogP contribution is 2.38. The fourth-order valence-corrected chi connectivity index (χ4v) is 3.85. The molecule has 1 fully saturated rings. The lowest BCUT2D eigenvalue weighted by Crippen LogP contribution is -2.02. The molecule has 1 saturated heterocycles. The number of unbranched alkanes of at least 4 members (excludes halogenated alkanes) is 1. The number of ether oxygens (including phenoxy) is 1. The summed E-state index contributed by atoms with van der Waals surface area (Å²) in [6.07, 6.45) is 24.3. The number of allylic oxidation sites excluding steroid dienone is 10. The highest BCUT2D eigenvalue weighted by atomic mass is 16.6. The Morgan fingerprint density at radius 1 is 0.581 bits per heavy atom. The molecule has 176 valence electrons. The monoisotopic (exact) mass is 426 g/mol. The first-order valence-corrected chi connectivity index (χ1v) is 12.5. The van der Waals surface area contributed by atoms with Gasteiger partial charge in [0.1, 0.15) is 0 Å². The molecule has 0 aromatic rings. The molecule has 0 aliphatic carbocycles. The Hall–Kier alpha value is -1.34. The van der Waals surface area contributed by atoms with Crippen LogP contribution in [0.25, 0.3) is 0 Å². The zero-order valence-corrected chi connectivity index (χ0v) is 21.9. The number of hydrogen-bond donors (Lipinski definition) is 0. The minimum absolute atomic E-state index is 0.132. The molecular formula is C30H50O. The topological polar surface area (TPSA) is 12.5 Å². The van der Waals surface area contributed by atoms with Gasteiger partial charge in [0.25, 0.3) is 0 Å². The van der Waals surface area contributed by atoms with E-state index in [0.29, 0.717) is 6.10 Å². The normalized spacial score (nSPS) is 19.5. The standard InChI is InChI=1S/C30H50O/c1-24(2)14-11-17-27(5)20-12-18-25(3)15-9-10-16-26(4)19-13-21-28(6)22-23-29-30(7,8)31-29/h14-16,20-21,29H,9-13,17-19,22-23H2,1-8H3/b25-15?,26-16+,27-20+,28-21?/t29-/m0/s1. The van der Waals surface area contributed by atoms with Gasteiger partial charge in [-0.05, 0) is 120 Å². The van der Waals surface area contributed by atoms with Crippen molar-refractivity contribution in [1.82, 2.24) is 0 Å². The molecule has 1 heterocycles. The lowest BCUT2D eigenvalue weighted by atomic mass is 10.0. The molecule has 0 bridgehead atoms. The fraction of sp³-hybridized carbons (Fsp3) is 0.667. The molecule has 1 rings (SSSR count). The summed E-state index contributed by atoms with van der Waals surface area (Å²) in [6, 6.07) is 0. The molecule has 1 aliphatic rings. The molecule has 1 aliphatic heterocycles. The Kier molecular flexibility index (Phi) is 13.1. The van der Waals surface area contributed by atoms with E-state index in [-0.39, 0.29) is 5.60 Å². The molecule has 0 aromatic heterocycles. The summed E-state index contributed by atoms with van der Waals surface area (Å²) < 4.78 is 5.68. The van der Waals surface area contributed by atoms with E-state index < -0.39 is 0 Å². The van der Waals surface area contributed by atoms with Gasteiger partial charge < -0.3 is 4.74 Å². The molecule has 0 unspecified atom stereocenters. The SMILES string of the molecule is CC(C)=CCC/C(C)=C/CCC(C)=CCC/C=C(\C)CCC=C(C)CC[C@@H]1OC1(C)C. The first-order valence-electron chi connectivity index (χ1n) is 12.5. The molecule has 1 atom stereocenters. The maximum Gasteiger partial charge on any atom is 0.0892 e. The van der Waals surface area contributed by atoms with Gasteiger partial charge in [0.05, 0.1) is 11.7 Å². The van der Waals surface area contributed by atoms with Crippen molar-refractivity contribution in [2.45, 2.75) is 131 Å².